The molecule has 1 aromatic rings. The fraction of sp³-hybridized carbons (Fsp3) is 0.500. The highest BCUT2D eigenvalue weighted by atomic mass is 16.5. The summed E-state index contributed by atoms with van der Waals surface area (Å²) in [6.07, 6.45) is 1.32. The van der Waals surface area contributed by atoms with Crippen molar-refractivity contribution in [3.63, 3.8) is 0 Å². The van der Waals surface area contributed by atoms with Crippen LogP contribution in [0.2, 0.25) is 0 Å². The molecule has 0 saturated heterocycles. The van der Waals surface area contributed by atoms with Crippen molar-refractivity contribution in [3.8, 4) is 11.5 Å². The van der Waals surface area contributed by atoms with Gasteiger partial charge in [-0.2, -0.15) is 0 Å². The lowest BCUT2D eigenvalue weighted by molar-refractivity contribution is -0.140. The van der Waals surface area contributed by atoms with Crippen LogP contribution in [0.4, 0.5) is 0 Å². The summed E-state index contributed by atoms with van der Waals surface area (Å²) >= 11 is 0. The molecule has 0 amide bonds. The Morgan fingerprint density at radius 1 is 1.28 bits per heavy atom. The second-order valence-electron chi connectivity index (χ2n) is 4.82. The van der Waals surface area contributed by atoms with Gasteiger partial charge in [0, 0.05) is 5.56 Å². The molecular formula is C14H18O4. The summed E-state index contributed by atoms with van der Waals surface area (Å²) < 4.78 is 10.7. The van der Waals surface area contributed by atoms with Gasteiger partial charge in [0.15, 0.2) is 11.5 Å². The predicted molar refractivity (Wildman–Crippen MR) is 67.6 cm³/mol. The minimum atomic E-state index is -0.783. The van der Waals surface area contributed by atoms with Gasteiger partial charge in [0.25, 0.3) is 0 Å². The van der Waals surface area contributed by atoms with Crippen LogP contribution >= 0.6 is 0 Å². The quantitative estimate of drug-likeness (QED) is 0.891. The van der Waals surface area contributed by atoms with Crippen molar-refractivity contribution in [1.29, 1.82) is 0 Å². The molecule has 2 rings (SSSR count). The molecule has 1 aliphatic carbocycles. The number of rotatable bonds is 4. The minimum Gasteiger partial charge on any atom is -0.493 e. The molecule has 1 aromatic carbocycles. The Hall–Kier alpha value is -1.71. The molecule has 98 valence electrons. The number of aryl methyl sites for hydroxylation is 1. The second-order valence-corrected chi connectivity index (χ2v) is 4.82. The van der Waals surface area contributed by atoms with E-state index in [1.54, 1.807) is 14.2 Å². The number of carbonyl (C=O) groups is 1. The second kappa shape index (κ2) is 4.19. The van der Waals surface area contributed by atoms with Gasteiger partial charge in [0.1, 0.15) is 0 Å². The van der Waals surface area contributed by atoms with Gasteiger partial charge in [-0.05, 0) is 43.9 Å². The molecule has 0 spiro atoms. The Morgan fingerprint density at radius 3 is 2.28 bits per heavy atom. The maximum atomic E-state index is 11.5. The predicted octanol–water partition coefficient (Wildman–Crippen LogP) is 2.44. The third-order valence-corrected chi connectivity index (χ3v) is 3.83. The van der Waals surface area contributed by atoms with Gasteiger partial charge in [-0.25, -0.2) is 0 Å². The number of hydrogen-bond acceptors (Lipinski definition) is 3. The number of hydrogen-bond donors (Lipinski definition) is 1. The van der Waals surface area contributed by atoms with Gasteiger partial charge < -0.3 is 14.6 Å². The zero-order valence-electron chi connectivity index (χ0n) is 11.2. The van der Waals surface area contributed by atoms with Crippen molar-refractivity contribution < 1.29 is 19.4 Å². The Bertz CT molecular complexity index is 501. The summed E-state index contributed by atoms with van der Waals surface area (Å²) in [4.78, 5) is 11.5. The third kappa shape index (κ3) is 1.64. The van der Waals surface area contributed by atoms with E-state index in [1.807, 2.05) is 19.9 Å². The highest BCUT2D eigenvalue weighted by Crippen LogP contribution is 2.55. The highest BCUT2D eigenvalue weighted by Gasteiger charge is 2.54. The van der Waals surface area contributed by atoms with Crippen LogP contribution in [0.25, 0.3) is 0 Å². The number of methoxy groups -OCH3 is 2. The van der Waals surface area contributed by atoms with E-state index in [4.69, 9.17) is 9.47 Å². The summed E-state index contributed by atoms with van der Waals surface area (Å²) in [7, 11) is 3.12. The molecule has 0 aromatic heterocycles. The molecule has 0 bridgehead atoms. The molecule has 1 aliphatic rings. The maximum Gasteiger partial charge on any atom is 0.314 e. The van der Waals surface area contributed by atoms with E-state index in [9.17, 15) is 9.90 Å². The molecule has 0 heterocycles. The van der Waals surface area contributed by atoms with E-state index >= 15 is 0 Å². The van der Waals surface area contributed by atoms with E-state index in [0.717, 1.165) is 16.7 Å². The molecule has 4 heteroatoms. The molecule has 0 radical (unpaired) electrons. The van der Waals surface area contributed by atoms with Crippen molar-refractivity contribution in [3.05, 3.63) is 22.8 Å². The lowest BCUT2D eigenvalue weighted by Gasteiger charge is -2.21. The van der Waals surface area contributed by atoms with Crippen molar-refractivity contribution in [2.75, 3.05) is 14.2 Å². The van der Waals surface area contributed by atoms with Crippen LogP contribution in [0.1, 0.15) is 29.5 Å². The first-order valence-corrected chi connectivity index (χ1v) is 5.94. The molecule has 0 atom stereocenters. The van der Waals surface area contributed by atoms with Crippen molar-refractivity contribution in [2.45, 2.75) is 32.1 Å². The van der Waals surface area contributed by atoms with Crippen molar-refractivity contribution in [2.24, 2.45) is 0 Å². The van der Waals surface area contributed by atoms with Gasteiger partial charge in [0.2, 0.25) is 0 Å². The summed E-state index contributed by atoms with van der Waals surface area (Å²) in [5.74, 6) is 0.375. The van der Waals surface area contributed by atoms with Gasteiger partial charge in [0.05, 0.1) is 19.6 Å². The third-order valence-electron chi connectivity index (χ3n) is 3.83. The Balaban J connectivity index is 2.72. The van der Waals surface area contributed by atoms with Crippen LogP contribution in [-0.2, 0) is 10.2 Å². The number of benzene rings is 1. The lowest BCUT2D eigenvalue weighted by atomic mass is 9.88. The van der Waals surface area contributed by atoms with Crippen molar-refractivity contribution >= 4 is 5.97 Å². The summed E-state index contributed by atoms with van der Waals surface area (Å²) in [5, 5.41) is 9.46. The van der Waals surface area contributed by atoms with E-state index in [0.29, 0.717) is 24.3 Å². The van der Waals surface area contributed by atoms with E-state index < -0.39 is 11.4 Å². The van der Waals surface area contributed by atoms with E-state index in [1.165, 1.54) is 0 Å². The Morgan fingerprint density at radius 2 is 1.89 bits per heavy atom. The van der Waals surface area contributed by atoms with Crippen LogP contribution < -0.4 is 9.47 Å². The van der Waals surface area contributed by atoms with Crippen LogP contribution in [0.15, 0.2) is 6.07 Å². The molecule has 0 unspecified atom stereocenters. The smallest absolute Gasteiger partial charge is 0.314 e. The maximum absolute atomic E-state index is 11.5. The Kier molecular flexibility index (Phi) is 2.97. The zero-order valence-corrected chi connectivity index (χ0v) is 11.2. The molecule has 1 fully saturated rings. The summed E-state index contributed by atoms with van der Waals surface area (Å²) in [5.41, 5.74) is 1.99. The zero-order chi connectivity index (χ0) is 13.5. The Labute approximate surface area is 107 Å². The monoisotopic (exact) mass is 250 g/mol. The van der Waals surface area contributed by atoms with Crippen molar-refractivity contribution in [1.82, 2.24) is 0 Å². The van der Waals surface area contributed by atoms with Gasteiger partial charge in [-0.3, -0.25) is 4.79 Å². The normalized spacial score (nSPS) is 16.2. The number of carboxylic acid groups (broad SMARTS) is 1. The highest BCUT2D eigenvalue weighted by molar-refractivity contribution is 5.87. The largest absolute Gasteiger partial charge is 0.493 e. The fourth-order valence-corrected chi connectivity index (χ4v) is 2.49. The molecular weight excluding hydrogens is 232 g/mol. The van der Waals surface area contributed by atoms with Crippen LogP contribution in [0.3, 0.4) is 0 Å². The molecule has 1 N–H and O–H groups in total. The number of ether oxygens (including phenoxy) is 2. The van der Waals surface area contributed by atoms with Crippen LogP contribution in [0, 0.1) is 13.8 Å². The SMILES string of the molecule is COc1cc(C)c(C)c(C2(C(=O)O)CC2)c1OC. The summed E-state index contributed by atoms with van der Waals surface area (Å²) in [6, 6.07) is 1.88. The lowest BCUT2D eigenvalue weighted by Crippen LogP contribution is -2.22. The van der Waals surface area contributed by atoms with Gasteiger partial charge in [-0.15, -0.1) is 0 Å². The average molecular weight is 250 g/mol. The first-order valence-electron chi connectivity index (χ1n) is 5.94. The molecule has 0 aliphatic heterocycles. The van der Waals surface area contributed by atoms with Gasteiger partial charge in [-0.1, -0.05) is 0 Å². The minimum absolute atomic E-state index is 0.556. The van der Waals surface area contributed by atoms with Crippen LogP contribution in [0.5, 0.6) is 11.5 Å². The topological polar surface area (TPSA) is 55.8 Å². The number of aliphatic carboxylic acids is 1. The first-order chi connectivity index (χ1) is 8.47. The standard InChI is InChI=1S/C14H18O4/c1-8-7-10(17-3)12(18-4)11(9(8)2)14(5-6-14)13(15)16/h7H,5-6H2,1-4H3,(H,15,16). The van der Waals surface area contributed by atoms with E-state index in [-0.39, 0.29) is 0 Å². The van der Waals surface area contributed by atoms with Crippen LogP contribution in [-0.4, -0.2) is 25.3 Å². The molecule has 18 heavy (non-hydrogen) atoms. The number of carboxylic acids is 1. The molecule has 1 saturated carbocycles. The average Bonchev–Trinajstić information content (AvgIpc) is 3.12. The fourth-order valence-electron chi connectivity index (χ4n) is 2.49. The molecule has 4 nitrogen and oxygen atoms in total. The van der Waals surface area contributed by atoms with E-state index in [2.05, 4.69) is 0 Å². The summed E-state index contributed by atoms with van der Waals surface area (Å²) in [6.45, 7) is 3.90. The first kappa shape index (κ1) is 12.7. The van der Waals surface area contributed by atoms with Gasteiger partial charge >= 0.3 is 5.97 Å².